The molecule has 118 valence electrons. The number of urea groups is 1. The molecule has 0 aromatic rings. The van der Waals surface area contributed by atoms with E-state index in [9.17, 15) is 9.59 Å². The van der Waals surface area contributed by atoms with E-state index in [2.05, 4.69) is 22.8 Å². The largest absolute Gasteiger partial charge is 0.345 e. The Hall–Kier alpha value is -1.52. The highest BCUT2D eigenvalue weighted by molar-refractivity contribution is 5.79. The number of carbonyl (C=O) groups excluding carboxylic acids is 2. The summed E-state index contributed by atoms with van der Waals surface area (Å²) in [4.78, 5) is 25.5. The Morgan fingerprint density at radius 3 is 2.67 bits per heavy atom. The highest BCUT2D eigenvalue weighted by Crippen LogP contribution is 2.27. The van der Waals surface area contributed by atoms with E-state index in [1.807, 2.05) is 7.05 Å². The van der Waals surface area contributed by atoms with Crippen LogP contribution >= 0.6 is 0 Å². The van der Waals surface area contributed by atoms with Gasteiger partial charge >= 0.3 is 6.03 Å². The van der Waals surface area contributed by atoms with Crippen molar-refractivity contribution in [3.05, 3.63) is 12.2 Å². The van der Waals surface area contributed by atoms with Gasteiger partial charge in [0.1, 0.15) is 0 Å². The first-order valence-corrected chi connectivity index (χ1v) is 8.13. The molecule has 0 bridgehead atoms. The molecule has 1 saturated carbocycles. The lowest BCUT2D eigenvalue weighted by Crippen LogP contribution is -2.43. The van der Waals surface area contributed by atoms with Gasteiger partial charge in [0.2, 0.25) is 5.91 Å². The standard InChI is InChI=1S/C16H27N3O2/c1-19(15(20)13-7-5-8-13)12-6-11-17-16(21)18-14-9-3-2-4-10-14/h3,9,13-14H,2,4-8,10-12H2,1H3,(H2,17,18,21)/t14-/m0/s1. The van der Waals surface area contributed by atoms with Crippen LogP contribution in [0.3, 0.4) is 0 Å². The fourth-order valence-electron chi connectivity index (χ4n) is 2.75. The summed E-state index contributed by atoms with van der Waals surface area (Å²) in [6.07, 6.45) is 11.5. The van der Waals surface area contributed by atoms with Gasteiger partial charge in [-0.05, 0) is 38.5 Å². The molecule has 2 rings (SSSR count). The van der Waals surface area contributed by atoms with Crippen molar-refractivity contribution in [1.82, 2.24) is 15.5 Å². The third-order valence-electron chi connectivity index (χ3n) is 4.36. The third-order valence-corrected chi connectivity index (χ3v) is 4.36. The number of nitrogens with one attached hydrogen (secondary N) is 2. The van der Waals surface area contributed by atoms with Crippen LogP contribution in [0.15, 0.2) is 12.2 Å². The minimum Gasteiger partial charge on any atom is -0.345 e. The van der Waals surface area contributed by atoms with E-state index in [0.29, 0.717) is 13.1 Å². The molecule has 2 aliphatic carbocycles. The Bertz CT molecular complexity index is 391. The molecule has 5 heteroatoms. The summed E-state index contributed by atoms with van der Waals surface area (Å²) in [6, 6.07) is 0.0566. The van der Waals surface area contributed by atoms with Crippen molar-refractivity contribution in [3.63, 3.8) is 0 Å². The molecule has 1 fully saturated rings. The van der Waals surface area contributed by atoms with Crippen LogP contribution in [0.2, 0.25) is 0 Å². The normalized spacial score (nSPS) is 21.5. The van der Waals surface area contributed by atoms with Crippen molar-refractivity contribution in [3.8, 4) is 0 Å². The quantitative estimate of drug-likeness (QED) is 0.581. The topological polar surface area (TPSA) is 61.4 Å². The van der Waals surface area contributed by atoms with Crippen LogP contribution in [0.25, 0.3) is 0 Å². The molecule has 0 saturated heterocycles. The number of carbonyl (C=O) groups is 2. The van der Waals surface area contributed by atoms with Crippen molar-refractivity contribution < 1.29 is 9.59 Å². The van der Waals surface area contributed by atoms with Gasteiger partial charge < -0.3 is 15.5 Å². The van der Waals surface area contributed by atoms with Gasteiger partial charge in [0, 0.05) is 32.1 Å². The van der Waals surface area contributed by atoms with Crippen LogP contribution in [-0.4, -0.2) is 43.0 Å². The van der Waals surface area contributed by atoms with Gasteiger partial charge in [-0.15, -0.1) is 0 Å². The summed E-state index contributed by atoms with van der Waals surface area (Å²) in [7, 11) is 1.85. The van der Waals surface area contributed by atoms with E-state index in [0.717, 1.165) is 38.5 Å². The summed E-state index contributed by atoms with van der Waals surface area (Å²) >= 11 is 0. The maximum atomic E-state index is 11.9. The van der Waals surface area contributed by atoms with E-state index in [4.69, 9.17) is 0 Å². The average Bonchev–Trinajstić information content (AvgIpc) is 2.42. The summed E-state index contributed by atoms with van der Waals surface area (Å²) in [6.45, 7) is 1.31. The third kappa shape index (κ3) is 5.06. The second-order valence-corrected chi connectivity index (χ2v) is 6.11. The molecule has 0 heterocycles. The first kappa shape index (κ1) is 15.9. The van der Waals surface area contributed by atoms with Gasteiger partial charge in [-0.3, -0.25) is 4.79 Å². The van der Waals surface area contributed by atoms with Gasteiger partial charge in [0.05, 0.1) is 0 Å². The molecule has 0 aliphatic heterocycles. The Morgan fingerprint density at radius 2 is 2.05 bits per heavy atom. The molecule has 2 aliphatic rings. The predicted octanol–water partition coefficient (Wildman–Crippen LogP) is 2.04. The van der Waals surface area contributed by atoms with Crippen molar-refractivity contribution in [2.45, 2.75) is 51.0 Å². The maximum Gasteiger partial charge on any atom is 0.315 e. The highest BCUT2D eigenvalue weighted by Gasteiger charge is 2.27. The second kappa shape index (κ2) is 8.05. The molecule has 21 heavy (non-hydrogen) atoms. The van der Waals surface area contributed by atoms with Crippen LogP contribution in [-0.2, 0) is 4.79 Å². The van der Waals surface area contributed by atoms with E-state index >= 15 is 0 Å². The van der Waals surface area contributed by atoms with Gasteiger partial charge in [0.15, 0.2) is 0 Å². The number of rotatable bonds is 6. The number of nitrogens with zero attached hydrogens (tertiary/aromatic N) is 1. The van der Waals surface area contributed by atoms with Crippen molar-refractivity contribution >= 4 is 11.9 Å². The van der Waals surface area contributed by atoms with Crippen molar-refractivity contribution in [2.75, 3.05) is 20.1 Å². The molecule has 2 N–H and O–H groups in total. The molecule has 5 nitrogen and oxygen atoms in total. The van der Waals surface area contributed by atoms with E-state index in [1.54, 1.807) is 4.90 Å². The van der Waals surface area contributed by atoms with Crippen LogP contribution in [0.1, 0.15) is 44.9 Å². The van der Waals surface area contributed by atoms with E-state index in [-0.39, 0.29) is 23.9 Å². The number of allylic oxidation sites excluding steroid dienone is 1. The molecular formula is C16H27N3O2. The Balaban J connectivity index is 1.54. The Morgan fingerprint density at radius 1 is 1.24 bits per heavy atom. The van der Waals surface area contributed by atoms with Crippen LogP contribution in [0.4, 0.5) is 4.79 Å². The van der Waals surface area contributed by atoms with Gasteiger partial charge in [-0.1, -0.05) is 18.6 Å². The molecule has 0 radical (unpaired) electrons. The fraction of sp³-hybridized carbons (Fsp3) is 0.750. The smallest absolute Gasteiger partial charge is 0.315 e. The molecule has 0 aromatic heterocycles. The van der Waals surface area contributed by atoms with E-state index in [1.165, 1.54) is 6.42 Å². The zero-order valence-electron chi connectivity index (χ0n) is 12.9. The van der Waals surface area contributed by atoms with Gasteiger partial charge in [-0.2, -0.15) is 0 Å². The SMILES string of the molecule is CN(CCCNC(=O)N[C@H]1C=CCCC1)C(=O)C1CCC1. The lowest BCUT2D eigenvalue weighted by Gasteiger charge is -2.29. The van der Waals surface area contributed by atoms with E-state index < -0.39 is 0 Å². The molecule has 0 spiro atoms. The number of amides is 3. The Kier molecular flexibility index (Phi) is 6.08. The molecule has 1 atom stereocenters. The lowest BCUT2D eigenvalue weighted by molar-refractivity contribution is -0.136. The minimum atomic E-state index is -0.112. The lowest BCUT2D eigenvalue weighted by atomic mass is 9.84. The zero-order valence-corrected chi connectivity index (χ0v) is 12.9. The average molecular weight is 293 g/mol. The van der Waals surface area contributed by atoms with Crippen LogP contribution in [0.5, 0.6) is 0 Å². The zero-order chi connectivity index (χ0) is 15.1. The monoisotopic (exact) mass is 293 g/mol. The van der Waals surface area contributed by atoms with Crippen molar-refractivity contribution in [2.24, 2.45) is 5.92 Å². The fourth-order valence-corrected chi connectivity index (χ4v) is 2.75. The Labute approximate surface area is 127 Å². The molecule has 0 aromatic carbocycles. The highest BCUT2D eigenvalue weighted by atomic mass is 16.2. The molecular weight excluding hydrogens is 266 g/mol. The first-order chi connectivity index (χ1) is 10.2. The summed E-state index contributed by atoms with van der Waals surface area (Å²) in [5.41, 5.74) is 0. The summed E-state index contributed by atoms with van der Waals surface area (Å²) in [5, 5.41) is 5.81. The maximum absolute atomic E-state index is 11.9. The van der Waals surface area contributed by atoms with Gasteiger partial charge in [0.25, 0.3) is 0 Å². The summed E-state index contributed by atoms with van der Waals surface area (Å²) < 4.78 is 0. The van der Waals surface area contributed by atoms with Crippen LogP contribution < -0.4 is 10.6 Å². The minimum absolute atomic E-state index is 0.112. The van der Waals surface area contributed by atoms with Crippen molar-refractivity contribution in [1.29, 1.82) is 0 Å². The molecule has 3 amide bonds. The van der Waals surface area contributed by atoms with Crippen LogP contribution in [0, 0.1) is 5.92 Å². The second-order valence-electron chi connectivity index (χ2n) is 6.11. The first-order valence-electron chi connectivity index (χ1n) is 8.13. The number of hydrogen-bond donors (Lipinski definition) is 2. The number of hydrogen-bond acceptors (Lipinski definition) is 2. The predicted molar refractivity (Wildman–Crippen MR) is 82.9 cm³/mol. The van der Waals surface area contributed by atoms with Gasteiger partial charge in [-0.25, -0.2) is 4.79 Å². The summed E-state index contributed by atoms with van der Waals surface area (Å²) in [5.74, 6) is 0.516. The molecule has 0 unspecified atom stereocenters.